The summed E-state index contributed by atoms with van der Waals surface area (Å²) in [6, 6.07) is 4.99. The lowest BCUT2D eigenvalue weighted by atomic mass is 10.0. The Morgan fingerprint density at radius 3 is 2.44 bits per heavy atom. The SMILES string of the molecule is COC(=O)C1Oc2cc(ccc2OC)C(=O)NC(C(C)C)CN(C(=O)c2cc3c(nc2OC)CCC3)CC(=O)N[C@H]1C.O=CO. The zero-order valence-electron chi connectivity index (χ0n) is 26.2. The van der Waals surface area contributed by atoms with Crippen LogP contribution in [0.4, 0.5) is 0 Å². The molecule has 4 rings (SSSR count). The average molecular weight is 629 g/mol. The quantitative estimate of drug-likeness (QED) is 0.323. The van der Waals surface area contributed by atoms with E-state index in [2.05, 4.69) is 15.6 Å². The van der Waals surface area contributed by atoms with Gasteiger partial charge in [0.1, 0.15) is 5.56 Å². The Bertz CT molecular complexity index is 1410. The highest BCUT2D eigenvalue weighted by Gasteiger charge is 2.34. The van der Waals surface area contributed by atoms with Crippen LogP contribution in [-0.4, -0.2) is 97.8 Å². The van der Waals surface area contributed by atoms with Gasteiger partial charge in [-0.2, -0.15) is 0 Å². The van der Waals surface area contributed by atoms with E-state index >= 15 is 0 Å². The zero-order valence-corrected chi connectivity index (χ0v) is 26.2. The molecule has 1 aromatic carbocycles. The fourth-order valence-electron chi connectivity index (χ4n) is 5.13. The third kappa shape index (κ3) is 8.40. The summed E-state index contributed by atoms with van der Waals surface area (Å²) in [6.45, 7) is 4.85. The van der Waals surface area contributed by atoms with Crippen LogP contribution in [0.3, 0.4) is 0 Å². The topological polar surface area (TPSA) is 183 Å². The molecule has 14 heteroatoms. The van der Waals surface area contributed by atoms with E-state index in [1.807, 2.05) is 13.8 Å². The Labute approximate surface area is 261 Å². The third-order valence-corrected chi connectivity index (χ3v) is 7.56. The van der Waals surface area contributed by atoms with Crippen molar-refractivity contribution < 1.29 is 48.0 Å². The molecule has 1 aromatic heterocycles. The number of methoxy groups -OCH3 is 3. The second kappa shape index (κ2) is 15.7. The minimum atomic E-state index is -1.28. The van der Waals surface area contributed by atoms with Gasteiger partial charge in [0.15, 0.2) is 11.5 Å². The molecule has 3 N–H and O–H groups in total. The number of rotatable bonds is 5. The number of aryl methyl sites for hydroxylation is 2. The van der Waals surface area contributed by atoms with Crippen molar-refractivity contribution in [3.05, 3.63) is 46.6 Å². The van der Waals surface area contributed by atoms with E-state index in [0.29, 0.717) is 5.75 Å². The van der Waals surface area contributed by atoms with Crippen molar-refractivity contribution >= 4 is 30.2 Å². The monoisotopic (exact) mass is 628 g/mol. The van der Waals surface area contributed by atoms with Gasteiger partial charge in [0.05, 0.1) is 33.9 Å². The summed E-state index contributed by atoms with van der Waals surface area (Å²) >= 11 is 0. The molecule has 3 amide bonds. The Morgan fingerprint density at radius 1 is 1.11 bits per heavy atom. The van der Waals surface area contributed by atoms with Gasteiger partial charge in [0.25, 0.3) is 18.3 Å². The minimum Gasteiger partial charge on any atom is -0.493 e. The van der Waals surface area contributed by atoms with Gasteiger partial charge in [0.2, 0.25) is 17.9 Å². The molecule has 0 radical (unpaired) electrons. The second-order valence-corrected chi connectivity index (χ2v) is 10.9. The van der Waals surface area contributed by atoms with E-state index in [0.717, 1.165) is 30.5 Å². The molecule has 14 nitrogen and oxygen atoms in total. The van der Waals surface area contributed by atoms with Crippen LogP contribution in [-0.2, 0) is 32.0 Å². The van der Waals surface area contributed by atoms with Crippen LogP contribution in [0, 0.1) is 5.92 Å². The minimum absolute atomic E-state index is 0.0320. The highest BCUT2D eigenvalue weighted by molar-refractivity contribution is 5.99. The number of carboxylic acid groups (broad SMARTS) is 1. The predicted octanol–water partition coefficient (Wildman–Crippen LogP) is 1.62. The number of benzene rings is 1. The van der Waals surface area contributed by atoms with Crippen LogP contribution in [0.2, 0.25) is 0 Å². The number of esters is 1. The molecule has 2 bridgehead atoms. The number of nitrogens with one attached hydrogen (secondary N) is 2. The number of carbonyl (C=O) groups is 5. The number of pyridine rings is 1. The lowest BCUT2D eigenvalue weighted by Crippen LogP contribution is -2.54. The van der Waals surface area contributed by atoms with Crippen LogP contribution >= 0.6 is 0 Å². The van der Waals surface area contributed by atoms with Crippen molar-refractivity contribution in [1.29, 1.82) is 0 Å². The first-order valence-electron chi connectivity index (χ1n) is 14.4. The molecule has 2 aliphatic rings. The highest BCUT2D eigenvalue weighted by atomic mass is 16.6. The van der Waals surface area contributed by atoms with Crippen molar-refractivity contribution in [3.8, 4) is 17.4 Å². The van der Waals surface area contributed by atoms with Crippen LogP contribution in [0.1, 0.15) is 59.2 Å². The molecular weight excluding hydrogens is 588 g/mol. The number of ether oxygens (including phenoxy) is 4. The van der Waals surface area contributed by atoms with Gasteiger partial charge in [-0.05, 0) is 61.9 Å². The van der Waals surface area contributed by atoms with Gasteiger partial charge in [-0.3, -0.25) is 19.2 Å². The summed E-state index contributed by atoms with van der Waals surface area (Å²) in [4.78, 5) is 67.8. The molecule has 3 atom stereocenters. The molecular formula is C31H40N4O10. The van der Waals surface area contributed by atoms with Gasteiger partial charge >= 0.3 is 5.97 Å². The molecule has 45 heavy (non-hydrogen) atoms. The lowest BCUT2D eigenvalue weighted by Gasteiger charge is -2.32. The molecule has 0 spiro atoms. The summed E-state index contributed by atoms with van der Waals surface area (Å²) in [5, 5.41) is 12.7. The Balaban J connectivity index is 0.00000177. The number of hydrogen-bond acceptors (Lipinski definition) is 10. The summed E-state index contributed by atoms with van der Waals surface area (Å²) in [5.74, 6) is -1.65. The molecule has 0 fully saturated rings. The number of carbonyl (C=O) groups excluding carboxylic acids is 4. The molecule has 0 saturated heterocycles. The summed E-state index contributed by atoms with van der Waals surface area (Å²) < 4.78 is 21.8. The first-order chi connectivity index (χ1) is 21.5. The maximum atomic E-state index is 14.0. The summed E-state index contributed by atoms with van der Waals surface area (Å²) in [7, 11) is 4.09. The number of amides is 3. The number of hydrogen-bond donors (Lipinski definition) is 3. The lowest BCUT2D eigenvalue weighted by molar-refractivity contribution is -0.150. The van der Waals surface area contributed by atoms with Gasteiger partial charge in [0, 0.05) is 23.8 Å². The van der Waals surface area contributed by atoms with Crippen LogP contribution in [0.15, 0.2) is 24.3 Å². The van der Waals surface area contributed by atoms with Crippen LogP contribution in [0.25, 0.3) is 0 Å². The Kier molecular flexibility index (Phi) is 12.1. The molecule has 0 saturated carbocycles. The maximum Gasteiger partial charge on any atom is 0.349 e. The van der Waals surface area contributed by atoms with Gasteiger partial charge in [-0.15, -0.1) is 0 Å². The maximum absolute atomic E-state index is 14.0. The highest BCUT2D eigenvalue weighted by Crippen LogP contribution is 2.31. The first-order valence-corrected chi connectivity index (χ1v) is 14.4. The van der Waals surface area contributed by atoms with Crippen molar-refractivity contribution in [2.24, 2.45) is 5.92 Å². The Hall–Kier alpha value is -4.88. The molecule has 2 aromatic rings. The number of fused-ring (bicyclic) bond motifs is 3. The Morgan fingerprint density at radius 2 is 1.82 bits per heavy atom. The van der Waals surface area contributed by atoms with E-state index in [4.69, 9.17) is 28.8 Å². The fraction of sp³-hybridized carbons (Fsp3) is 0.484. The van der Waals surface area contributed by atoms with E-state index in [1.54, 1.807) is 25.1 Å². The van der Waals surface area contributed by atoms with Gasteiger partial charge in [-0.1, -0.05) is 13.8 Å². The standard InChI is InChI=1S/C30H38N4O8.CH2O2/c1-16(2)22-14-34(29(37)20-12-18-8-7-9-21(18)33-28(20)40-5)15-25(35)31-17(3)26(30(38)41-6)42-24-13-19(27(36)32-22)10-11-23(24)39-4;2-1-3/h10-13,16-17,22,26H,7-9,14-15H2,1-6H3,(H,31,35)(H,32,36);1H,(H,2,3)/t17-,22?,26?;/m0./s1. The van der Waals surface area contributed by atoms with Crippen LogP contribution < -0.4 is 24.8 Å². The molecule has 2 heterocycles. The zero-order chi connectivity index (χ0) is 33.3. The van der Waals surface area contributed by atoms with Crippen LogP contribution in [0.5, 0.6) is 17.4 Å². The predicted molar refractivity (Wildman–Crippen MR) is 161 cm³/mol. The molecule has 2 unspecified atom stereocenters. The number of nitrogens with zero attached hydrogens (tertiary/aromatic N) is 2. The van der Waals surface area contributed by atoms with Crippen molar-refractivity contribution in [2.45, 2.75) is 58.2 Å². The summed E-state index contributed by atoms with van der Waals surface area (Å²) in [6.07, 6.45) is 1.27. The smallest absolute Gasteiger partial charge is 0.349 e. The van der Waals surface area contributed by atoms with E-state index in [9.17, 15) is 19.2 Å². The average Bonchev–Trinajstić information content (AvgIpc) is 3.48. The normalized spacial score (nSPS) is 19.8. The molecule has 1 aliphatic carbocycles. The molecule has 1 aliphatic heterocycles. The molecule has 244 valence electrons. The van der Waals surface area contributed by atoms with E-state index in [1.165, 1.54) is 32.3 Å². The van der Waals surface area contributed by atoms with Crippen molar-refractivity contribution in [3.63, 3.8) is 0 Å². The van der Waals surface area contributed by atoms with E-state index in [-0.39, 0.29) is 48.2 Å². The van der Waals surface area contributed by atoms with Gasteiger partial charge in [-0.25, -0.2) is 9.78 Å². The second-order valence-electron chi connectivity index (χ2n) is 10.9. The summed E-state index contributed by atoms with van der Waals surface area (Å²) in [5.41, 5.74) is 2.37. The van der Waals surface area contributed by atoms with Crippen molar-refractivity contribution in [2.75, 3.05) is 34.4 Å². The number of aromatic nitrogens is 1. The fourth-order valence-corrected chi connectivity index (χ4v) is 5.13. The largest absolute Gasteiger partial charge is 0.493 e. The third-order valence-electron chi connectivity index (χ3n) is 7.56. The van der Waals surface area contributed by atoms with Crippen molar-refractivity contribution in [1.82, 2.24) is 20.5 Å². The van der Waals surface area contributed by atoms with Gasteiger partial charge < -0.3 is 39.6 Å². The van der Waals surface area contributed by atoms with E-state index < -0.39 is 41.9 Å². The first kappa shape index (κ1) is 34.6.